The SMILES string of the molecule is CNC1CCN(C(=O)c2c(C)nn(C)c2C)CC1. The summed E-state index contributed by atoms with van der Waals surface area (Å²) in [6.07, 6.45) is 2.06. The van der Waals surface area contributed by atoms with Crippen molar-refractivity contribution in [3.8, 4) is 0 Å². The number of hydrogen-bond acceptors (Lipinski definition) is 3. The number of rotatable bonds is 2. The lowest BCUT2D eigenvalue weighted by Crippen LogP contribution is -2.44. The van der Waals surface area contributed by atoms with Gasteiger partial charge in [-0.15, -0.1) is 0 Å². The molecule has 0 bridgehead atoms. The molecular weight excluding hydrogens is 228 g/mol. The van der Waals surface area contributed by atoms with Crippen molar-refractivity contribution in [1.29, 1.82) is 0 Å². The second kappa shape index (κ2) is 5.10. The number of aromatic nitrogens is 2. The molecule has 0 unspecified atom stereocenters. The first-order valence-corrected chi connectivity index (χ1v) is 6.51. The maximum absolute atomic E-state index is 12.5. The van der Waals surface area contributed by atoms with Crippen molar-refractivity contribution in [2.75, 3.05) is 20.1 Å². The van der Waals surface area contributed by atoms with Crippen molar-refractivity contribution in [3.63, 3.8) is 0 Å². The van der Waals surface area contributed by atoms with Crippen LogP contribution in [0.25, 0.3) is 0 Å². The van der Waals surface area contributed by atoms with Gasteiger partial charge in [0.05, 0.1) is 11.3 Å². The number of nitrogens with one attached hydrogen (secondary N) is 1. The van der Waals surface area contributed by atoms with E-state index >= 15 is 0 Å². The van der Waals surface area contributed by atoms with Gasteiger partial charge in [-0.3, -0.25) is 9.48 Å². The first-order valence-electron chi connectivity index (χ1n) is 6.51. The summed E-state index contributed by atoms with van der Waals surface area (Å²) in [7, 11) is 3.86. The molecular formula is C13H22N4O. The predicted molar refractivity (Wildman–Crippen MR) is 70.7 cm³/mol. The van der Waals surface area contributed by atoms with Crippen LogP contribution in [0.5, 0.6) is 0 Å². The predicted octanol–water partition coefficient (Wildman–Crippen LogP) is 0.861. The minimum Gasteiger partial charge on any atom is -0.338 e. The van der Waals surface area contributed by atoms with Crippen LogP contribution < -0.4 is 5.32 Å². The van der Waals surface area contributed by atoms with Crippen molar-refractivity contribution in [2.45, 2.75) is 32.7 Å². The Bertz CT molecular complexity index is 444. The molecule has 0 atom stereocenters. The van der Waals surface area contributed by atoms with E-state index in [1.165, 1.54) is 0 Å². The third kappa shape index (κ3) is 2.27. The van der Waals surface area contributed by atoms with Gasteiger partial charge < -0.3 is 10.2 Å². The number of nitrogens with zero attached hydrogens (tertiary/aromatic N) is 3. The largest absolute Gasteiger partial charge is 0.338 e. The molecule has 1 aliphatic rings. The van der Waals surface area contributed by atoms with Crippen molar-refractivity contribution >= 4 is 5.91 Å². The van der Waals surface area contributed by atoms with Crippen LogP contribution in [-0.2, 0) is 7.05 Å². The molecule has 1 aromatic rings. The molecule has 18 heavy (non-hydrogen) atoms. The van der Waals surface area contributed by atoms with Crippen LogP contribution in [0.1, 0.15) is 34.6 Å². The van der Waals surface area contributed by atoms with E-state index < -0.39 is 0 Å². The second-order valence-electron chi connectivity index (χ2n) is 5.02. The van der Waals surface area contributed by atoms with Crippen LogP contribution in [0, 0.1) is 13.8 Å². The van der Waals surface area contributed by atoms with Crippen LogP contribution in [0.2, 0.25) is 0 Å². The number of likely N-dealkylation sites (tertiary alicyclic amines) is 1. The van der Waals surface area contributed by atoms with Crippen molar-refractivity contribution in [1.82, 2.24) is 20.0 Å². The van der Waals surface area contributed by atoms with Crippen LogP contribution in [-0.4, -0.2) is 46.8 Å². The minimum absolute atomic E-state index is 0.132. The van der Waals surface area contributed by atoms with E-state index in [2.05, 4.69) is 10.4 Å². The van der Waals surface area contributed by atoms with Gasteiger partial charge in [-0.05, 0) is 33.7 Å². The molecule has 1 aromatic heterocycles. The Balaban J connectivity index is 2.13. The van der Waals surface area contributed by atoms with E-state index in [9.17, 15) is 4.79 Å². The van der Waals surface area contributed by atoms with Gasteiger partial charge in [0, 0.05) is 31.9 Å². The van der Waals surface area contributed by atoms with Crippen LogP contribution >= 0.6 is 0 Å². The van der Waals surface area contributed by atoms with E-state index in [1.54, 1.807) is 4.68 Å². The van der Waals surface area contributed by atoms with Crippen LogP contribution in [0.3, 0.4) is 0 Å². The third-order valence-electron chi connectivity index (χ3n) is 3.91. The summed E-state index contributed by atoms with van der Waals surface area (Å²) in [6.45, 7) is 5.52. The molecule has 5 heteroatoms. The molecule has 0 spiro atoms. The van der Waals surface area contributed by atoms with Gasteiger partial charge in [-0.1, -0.05) is 0 Å². The number of amides is 1. The van der Waals surface area contributed by atoms with Gasteiger partial charge in [-0.2, -0.15) is 5.10 Å². The lowest BCUT2D eigenvalue weighted by Gasteiger charge is -2.31. The van der Waals surface area contributed by atoms with E-state index in [-0.39, 0.29) is 5.91 Å². The molecule has 1 aliphatic heterocycles. The number of piperidine rings is 1. The van der Waals surface area contributed by atoms with Gasteiger partial charge in [0.15, 0.2) is 0 Å². The molecule has 1 saturated heterocycles. The third-order valence-corrected chi connectivity index (χ3v) is 3.91. The lowest BCUT2D eigenvalue weighted by atomic mass is 10.0. The van der Waals surface area contributed by atoms with Gasteiger partial charge >= 0.3 is 0 Å². The maximum atomic E-state index is 12.5. The zero-order chi connectivity index (χ0) is 13.3. The molecule has 1 N–H and O–H groups in total. The molecule has 2 rings (SSSR count). The number of carbonyl (C=O) groups is 1. The molecule has 0 aromatic carbocycles. The van der Waals surface area contributed by atoms with Crippen molar-refractivity contribution < 1.29 is 4.79 Å². The Morgan fingerprint density at radius 3 is 2.39 bits per heavy atom. The average molecular weight is 250 g/mol. The Morgan fingerprint density at radius 2 is 1.94 bits per heavy atom. The fourth-order valence-corrected chi connectivity index (χ4v) is 2.61. The summed E-state index contributed by atoms with van der Waals surface area (Å²) in [6, 6.07) is 0.546. The fraction of sp³-hybridized carbons (Fsp3) is 0.692. The van der Waals surface area contributed by atoms with Gasteiger partial charge in [0.25, 0.3) is 5.91 Å². The van der Waals surface area contributed by atoms with Crippen molar-refractivity contribution in [3.05, 3.63) is 17.0 Å². The molecule has 5 nitrogen and oxygen atoms in total. The molecule has 1 amide bonds. The number of hydrogen-bond donors (Lipinski definition) is 1. The molecule has 2 heterocycles. The molecule has 100 valence electrons. The number of carbonyl (C=O) groups excluding carboxylic acids is 1. The zero-order valence-electron chi connectivity index (χ0n) is 11.7. The first kappa shape index (κ1) is 13.1. The van der Waals surface area contributed by atoms with Crippen molar-refractivity contribution in [2.24, 2.45) is 7.05 Å². The summed E-state index contributed by atoms with van der Waals surface area (Å²) in [5.74, 6) is 0.132. The Kier molecular flexibility index (Phi) is 3.71. The summed E-state index contributed by atoms with van der Waals surface area (Å²) in [5.41, 5.74) is 2.56. The highest BCUT2D eigenvalue weighted by atomic mass is 16.2. The van der Waals surface area contributed by atoms with Crippen LogP contribution in [0.15, 0.2) is 0 Å². The first-order chi connectivity index (χ1) is 8.54. The maximum Gasteiger partial charge on any atom is 0.257 e. The highest BCUT2D eigenvalue weighted by Gasteiger charge is 2.26. The van der Waals surface area contributed by atoms with Gasteiger partial charge in [-0.25, -0.2) is 0 Å². The quantitative estimate of drug-likeness (QED) is 0.847. The second-order valence-corrected chi connectivity index (χ2v) is 5.02. The molecule has 0 radical (unpaired) electrons. The Labute approximate surface area is 108 Å². The van der Waals surface area contributed by atoms with E-state index in [0.29, 0.717) is 6.04 Å². The standard InChI is InChI=1S/C13H22N4O/c1-9-12(10(2)16(4)15-9)13(18)17-7-5-11(14-3)6-8-17/h11,14H,5-8H2,1-4H3. The zero-order valence-corrected chi connectivity index (χ0v) is 11.7. The smallest absolute Gasteiger partial charge is 0.257 e. The highest BCUT2D eigenvalue weighted by molar-refractivity contribution is 5.96. The van der Waals surface area contributed by atoms with E-state index in [1.807, 2.05) is 32.8 Å². The Hall–Kier alpha value is -1.36. The average Bonchev–Trinajstić information content (AvgIpc) is 2.63. The lowest BCUT2D eigenvalue weighted by molar-refractivity contribution is 0.0706. The van der Waals surface area contributed by atoms with Gasteiger partial charge in [0.2, 0.25) is 0 Å². The summed E-state index contributed by atoms with van der Waals surface area (Å²) in [4.78, 5) is 14.5. The molecule has 0 aliphatic carbocycles. The van der Waals surface area contributed by atoms with E-state index in [4.69, 9.17) is 0 Å². The molecule has 1 fully saturated rings. The molecule has 0 saturated carbocycles. The van der Waals surface area contributed by atoms with E-state index in [0.717, 1.165) is 42.9 Å². The summed E-state index contributed by atoms with van der Waals surface area (Å²) in [5, 5.41) is 7.59. The highest BCUT2D eigenvalue weighted by Crippen LogP contribution is 2.18. The summed E-state index contributed by atoms with van der Waals surface area (Å²) >= 11 is 0. The van der Waals surface area contributed by atoms with Crippen LogP contribution in [0.4, 0.5) is 0 Å². The van der Waals surface area contributed by atoms with Gasteiger partial charge in [0.1, 0.15) is 0 Å². The topological polar surface area (TPSA) is 50.2 Å². The fourth-order valence-electron chi connectivity index (χ4n) is 2.61. The minimum atomic E-state index is 0.132. The normalized spacial score (nSPS) is 17.2. The number of aryl methyl sites for hydroxylation is 2. The Morgan fingerprint density at radius 1 is 1.33 bits per heavy atom. The monoisotopic (exact) mass is 250 g/mol. The summed E-state index contributed by atoms with van der Waals surface area (Å²) < 4.78 is 1.78.